The molecule has 0 unspecified atom stereocenters. The van der Waals surface area contributed by atoms with E-state index < -0.39 is 11.9 Å². The standard InChI is InChI=1S/C60H91N13O8/c1-44-13-12-15-52(67-44)72(58(77)50-20-19-49(80-5)40-51(50)70-34-22-45(23-35-70)42-81-56-39-47(21-29-66-56)57(59(78)79)46-17-18-46)43-60(2,3)26-10-6-7-11-33-71-41-48(68-69-71)14-8-9-16-53(74)65-32-38-73(4,36-24-54(75)63-30-27-61)37-25-55(76)64-31-28-62/h12-13,15,19-21,29,39-41,45-46,57H,6-11,14,16-18,22-28,30-38,42-43,61-62H2,1-5H3,(H3-,63,64,65,74,75,76,78,79)/p+1/t57-/m0/s1. The number of unbranched alkanes of at least 4 members (excludes halogenated alkanes) is 4. The van der Waals surface area contributed by atoms with Crippen molar-refractivity contribution in [3.63, 3.8) is 0 Å². The van der Waals surface area contributed by atoms with Gasteiger partial charge in [0.25, 0.3) is 5.91 Å². The number of aliphatic carboxylic acids is 1. The van der Waals surface area contributed by atoms with Gasteiger partial charge in [-0.05, 0) is 118 Å². The van der Waals surface area contributed by atoms with Crippen LogP contribution in [0.2, 0.25) is 0 Å². The molecule has 1 saturated heterocycles. The van der Waals surface area contributed by atoms with Crippen LogP contribution in [-0.4, -0.2) is 157 Å². The third kappa shape index (κ3) is 21.3. The van der Waals surface area contributed by atoms with Crippen LogP contribution in [0.5, 0.6) is 11.6 Å². The Bertz CT molecular complexity index is 2610. The normalized spacial score (nSPS) is 14.3. The highest BCUT2D eigenvalue weighted by Crippen LogP contribution is 2.43. The first-order valence-corrected chi connectivity index (χ1v) is 29.4. The summed E-state index contributed by atoms with van der Waals surface area (Å²) in [6.07, 6.45) is 15.4. The summed E-state index contributed by atoms with van der Waals surface area (Å²) in [6.45, 7) is 13.2. The Morgan fingerprint density at radius 3 is 2.20 bits per heavy atom. The van der Waals surface area contributed by atoms with Crippen LogP contribution in [0.4, 0.5) is 11.5 Å². The number of hydrogen-bond acceptors (Lipinski definition) is 14. The van der Waals surface area contributed by atoms with Crippen molar-refractivity contribution < 1.29 is 43.0 Å². The number of hydrogen-bond donors (Lipinski definition) is 6. The van der Waals surface area contributed by atoms with Crippen molar-refractivity contribution in [3.8, 4) is 11.6 Å². The number of aryl methyl sites for hydroxylation is 3. The van der Waals surface area contributed by atoms with Crippen LogP contribution >= 0.6 is 0 Å². The molecule has 21 nitrogen and oxygen atoms in total. The molecule has 0 spiro atoms. The first-order valence-electron chi connectivity index (χ1n) is 29.4. The van der Waals surface area contributed by atoms with Gasteiger partial charge in [-0.1, -0.05) is 44.4 Å². The molecule has 0 radical (unpaired) electrons. The lowest BCUT2D eigenvalue weighted by Gasteiger charge is -2.36. The maximum Gasteiger partial charge on any atom is 0.311 e. The summed E-state index contributed by atoms with van der Waals surface area (Å²) in [5.41, 5.74) is 14.7. The Hall–Kier alpha value is -6.71. The van der Waals surface area contributed by atoms with Gasteiger partial charge in [0.2, 0.25) is 23.6 Å². The van der Waals surface area contributed by atoms with Gasteiger partial charge in [-0.2, -0.15) is 0 Å². The number of aromatic nitrogens is 5. The number of ether oxygens (including phenoxy) is 2. The summed E-state index contributed by atoms with van der Waals surface area (Å²) in [6, 6.07) is 15.1. The predicted molar refractivity (Wildman–Crippen MR) is 313 cm³/mol. The molecule has 3 aromatic heterocycles. The molecule has 1 aliphatic carbocycles. The second-order valence-electron chi connectivity index (χ2n) is 23.2. The molecule has 2 fully saturated rings. The number of nitrogens with two attached hydrogens (primary N) is 2. The summed E-state index contributed by atoms with van der Waals surface area (Å²) in [7, 11) is 3.64. The number of anilines is 2. The van der Waals surface area contributed by atoms with Crippen molar-refractivity contribution in [2.75, 3.05) is 103 Å². The largest absolute Gasteiger partial charge is 0.497 e. The molecular formula is C60H92N13O8+. The van der Waals surface area contributed by atoms with Gasteiger partial charge >= 0.3 is 5.97 Å². The van der Waals surface area contributed by atoms with E-state index in [1.54, 1.807) is 25.4 Å². The fourth-order valence-electron chi connectivity index (χ4n) is 10.6. The minimum absolute atomic E-state index is 0.0278. The monoisotopic (exact) mass is 1120 g/mol. The zero-order valence-electron chi connectivity index (χ0n) is 48.8. The summed E-state index contributed by atoms with van der Waals surface area (Å²) < 4.78 is 14.2. The van der Waals surface area contributed by atoms with Crippen molar-refractivity contribution in [2.24, 2.45) is 28.7 Å². The van der Waals surface area contributed by atoms with Gasteiger partial charge in [0.05, 0.1) is 82.6 Å². The number of methoxy groups -OCH3 is 1. The van der Waals surface area contributed by atoms with Gasteiger partial charge in [0.15, 0.2) is 0 Å². The molecule has 8 N–H and O–H groups in total. The van der Waals surface area contributed by atoms with Crippen LogP contribution in [0.3, 0.4) is 0 Å². The summed E-state index contributed by atoms with van der Waals surface area (Å²) >= 11 is 0. The maximum atomic E-state index is 15.0. The molecule has 1 aliphatic heterocycles. The van der Waals surface area contributed by atoms with Crippen LogP contribution < -0.4 is 46.7 Å². The summed E-state index contributed by atoms with van der Waals surface area (Å²) in [5, 5.41) is 27.3. The molecule has 0 bridgehead atoms. The molecule has 444 valence electrons. The van der Waals surface area contributed by atoms with E-state index in [1.165, 1.54) is 0 Å². The van der Waals surface area contributed by atoms with E-state index in [9.17, 15) is 24.3 Å². The number of carbonyl (C=O) groups excluding carboxylic acids is 4. The molecule has 2 aliphatic rings. The van der Waals surface area contributed by atoms with E-state index in [1.807, 2.05) is 66.1 Å². The highest BCUT2D eigenvalue weighted by Gasteiger charge is 2.38. The molecule has 81 heavy (non-hydrogen) atoms. The molecule has 4 heterocycles. The second-order valence-corrected chi connectivity index (χ2v) is 23.2. The highest BCUT2D eigenvalue weighted by atomic mass is 16.5. The Kier molecular flexibility index (Phi) is 25.1. The average Bonchev–Trinajstić information content (AvgIpc) is 4.35. The lowest BCUT2D eigenvalue weighted by Crippen LogP contribution is -2.52. The minimum atomic E-state index is -0.805. The van der Waals surface area contributed by atoms with E-state index in [-0.39, 0.29) is 40.9 Å². The average molecular weight is 1120 g/mol. The molecular weight excluding hydrogens is 1030 g/mol. The second kappa shape index (κ2) is 32.1. The quantitative estimate of drug-likeness (QED) is 0.0230. The van der Waals surface area contributed by atoms with Gasteiger partial charge in [-0.15, -0.1) is 5.10 Å². The number of rotatable bonds is 37. The Balaban J connectivity index is 0.922. The molecule has 1 atom stereocenters. The highest BCUT2D eigenvalue weighted by molar-refractivity contribution is 6.09. The van der Waals surface area contributed by atoms with Crippen LogP contribution in [0.25, 0.3) is 0 Å². The van der Waals surface area contributed by atoms with E-state index in [0.29, 0.717) is 119 Å². The van der Waals surface area contributed by atoms with Crippen molar-refractivity contribution in [1.29, 1.82) is 0 Å². The number of piperidine rings is 1. The van der Waals surface area contributed by atoms with E-state index in [2.05, 4.69) is 50.0 Å². The summed E-state index contributed by atoms with van der Waals surface area (Å²) in [4.78, 5) is 77.8. The third-order valence-corrected chi connectivity index (χ3v) is 15.6. The van der Waals surface area contributed by atoms with E-state index in [4.69, 9.17) is 25.9 Å². The lowest BCUT2D eigenvalue weighted by molar-refractivity contribution is -0.907. The Labute approximate surface area is 479 Å². The fourth-order valence-corrected chi connectivity index (χ4v) is 10.6. The zero-order valence-corrected chi connectivity index (χ0v) is 48.8. The molecule has 1 saturated carbocycles. The number of pyridine rings is 2. The Morgan fingerprint density at radius 1 is 0.840 bits per heavy atom. The van der Waals surface area contributed by atoms with Crippen molar-refractivity contribution >= 4 is 41.1 Å². The minimum Gasteiger partial charge on any atom is -0.497 e. The molecule has 4 aromatic rings. The number of carbonyl (C=O) groups is 5. The topological polar surface area (TPSA) is 275 Å². The number of likely N-dealkylation sites (N-methyl/N-ethyl adjacent to an activating group) is 1. The van der Waals surface area contributed by atoms with Crippen LogP contribution in [0, 0.1) is 24.2 Å². The van der Waals surface area contributed by atoms with Crippen molar-refractivity contribution in [2.45, 2.75) is 130 Å². The smallest absolute Gasteiger partial charge is 0.311 e. The van der Waals surface area contributed by atoms with Crippen LogP contribution in [0.15, 0.2) is 60.9 Å². The fraction of sp³-hybridized carbons (Fsp3) is 0.617. The number of nitrogens with zero attached hydrogens (tertiary/aromatic N) is 8. The first kappa shape index (κ1) is 63.5. The van der Waals surface area contributed by atoms with Gasteiger partial charge in [-0.25, -0.2) is 9.97 Å². The van der Waals surface area contributed by atoms with Crippen molar-refractivity contribution in [1.82, 2.24) is 40.9 Å². The van der Waals surface area contributed by atoms with Crippen LogP contribution in [0.1, 0.15) is 137 Å². The molecule has 6 rings (SSSR count). The molecule has 1 aromatic carbocycles. The number of amides is 4. The lowest BCUT2D eigenvalue weighted by atomic mass is 9.86. The maximum absolute atomic E-state index is 15.0. The van der Waals surface area contributed by atoms with E-state index in [0.717, 1.165) is 113 Å². The number of benzene rings is 1. The van der Waals surface area contributed by atoms with Gasteiger partial charge in [-0.3, -0.25) is 33.6 Å². The summed E-state index contributed by atoms with van der Waals surface area (Å²) in [5.74, 6) is 0.549. The number of carboxylic acids is 1. The zero-order chi connectivity index (χ0) is 58.2. The van der Waals surface area contributed by atoms with Crippen molar-refractivity contribution in [3.05, 3.63) is 83.4 Å². The van der Waals surface area contributed by atoms with Gasteiger partial charge in [0, 0.05) is 89.0 Å². The van der Waals surface area contributed by atoms with E-state index >= 15 is 4.79 Å². The molecule has 4 amide bonds. The first-order chi connectivity index (χ1) is 39.0. The number of carboxylic acid groups (broad SMARTS) is 1. The number of quaternary nitrogens is 1. The molecule has 21 heteroatoms. The van der Waals surface area contributed by atoms with Crippen LogP contribution in [-0.2, 0) is 32.1 Å². The SMILES string of the molecule is COc1ccc(C(=O)N(CC(C)(C)CCCCCCn2cc(CCCCC(=O)NCC[N+](C)(CCC(=O)NCCN)CCC(=O)NCCN)nn2)c2cccc(C)n2)c(N2CCC(COc3cc([C@@H](C(=O)O)C4CC4)ccn3)CC2)c1. The third-order valence-electron chi connectivity index (χ3n) is 15.6. The Morgan fingerprint density at radius 2 is 1.53 bits per heavy atom. The number of nitrogens with one attached hydrogen (secondary N) is 3. The van der Waals surface area contributed by atoms with Gasteiger partial charge < -0.3 is 51.4 Å². The van der Waals surface area contributed by atoms with Gasteiger partial charge in [0.1, 0.15) is 11.6 Å². The predicted octanol–water partition coefficient (Wildman–Crippen LogP) is 5.79.